The number of benzene rings is 1. The van der Waals surface area contributed by atoms with Crippen molar-refractivity contribution in [2.75, 3.05) is 24.5 Å². The van der Waals surface area contributed by atoms with Crippen LogP contribution in [0.4, 0.5) is 5.69 Å². The summed E-state index contributed by atoms with van der Waals surface area (Å²) in [5.41, 5.74) is 4.89. The van der Waals surface area contributed by atoms with Gasteiger partial charge in [0.25, 0.3) is 0 Å². The van der Waals surface area contributed by atoms with Gasteiger partial charge in [0.15, 0.2) is 0 Å². The lowest BCUT2D eigenvalue weighted by molar-refractivity contribution is 0.373. The first kappa shape index (κ1) is 16.7. The number of nitrogens with one attached hydrogen (secondary N) is 3. The predicted octanol–water partition coefficient (Wildman–Crippen LogP) is 2.70. The zero-order valence-electron chi connectivity index (χ0n) is 15.5. The Hall–Kier alpha value is -2.47. The monoisotopic (exact) mass is 362 g/mol. The fraction of sp³-hybridized carbons (Fsp3) is 0.476. The Morgan fingerprint density at radius 2 is 2.19 bits per heavy atom. The molecule has 1 spiro atoms. The van der Waals surface area contributed by atoms with Crippen LogP contribution >= 0.6 is 0 Å². The van der Waals surface area contributed by atoms with Crippen molar-refractivity contribution in [3.8, 4) is 0 Å². The summed E-state index contributed by atoms with van der Waals surface area (Å²) in [6.45, 7) is 3.14. The topological polar surface area (TPSA) is 76.9 Å². The normalized spacial score (nSPS) is 21.9. The Labute approximate surface area is 159 Å². The van der Waals surface area contributed by atoms with Crippen LogP contribution in [0.15, 0.2) is 30.6 Å². The van der Waals surface area contributed by atoms with Gasteiger partial charge in [-0.15, -0.1) is 0 Å². The fourth-order valence-electron chi connectivity index (χ4n) is 3.97. The highest BCUT2D eigenvalue weighted by molar-refractivity contribution is 6.07. The summed E-state index contributed by atoms with van der Waals surface area (Å²) in [5, 5.41) is 14.8. The number of aromatic nitrogens is 2. The van der Waals surface area contributed by atoms with Crippen LogP contribution in [-0.4, -0.2) is 47.4 Å². The van der Waals surface area contributed by atoms with Crippen LogP contribution in [0.5, 0.6) is 0 Å². The standard InChI is InChI=1S/C21H26N6/c22-11-15(12-23-16-2-1-3-16)20-13-24-18-5-4-17(10-19(18)26-20)27-9-8-25-21(14-27)6-7-21/h4-5,10-13,16,22-23,25H,1-3,6-9,14H2/b15-12+,22-11?. The fourth-order valence-corrected chi connectivity index (χ4v) is 3.97. The third-order valence-electron chi connectivity index (χ3n) is 6.15. The zero-order valence-corrected chi connectivity index (χ0v) is 15.5. The van der Waals surface area contributed by atoms with Gasteiger partial charge in [0.2, 0.25) is 0 Å². The molecule has 2 saturated carbocycles. The number of piperazine rings is 1. The molecule has 1 aromatic carbocycles. The first-order chi connectivity index (χ1) is 13.2. The molecule has 6 heteroatoms. The van der Waals surface area contributed by atoms with Crippen LogP contribution in [0, 0.1) is 5.41 Å². The van der Waals surface area contributed by atoms with E-state index in [1.807, 2.05) is 6.20 Å². The van der Waals surface area contributed by atoms with Crippen molar-refractivity contribution in [3.63, 3.8) is 0 Å². The molecule has 1 aromatic heterocycles. The summed E-state index contributed by atoms with van der Waals surface area (Å²) in [7, 11) is 0. The summed E-state index contributed by atoms with van der Waals surface area (Å²) < 4.78 is 0. The average molecular weight is 362 g/mol. The lowest BCUT2D eigenvalue weighted by Crippen LogP contribution is -2.52. The third kappa shape index (κ3) is 3.30. The lowest BCUT2D eigenvalue weighted by Gasteiger charge is -2.35. The maximum absolute atomic E-state index is 7.76. The molecule has 1 saturated heterocycles. The maximum Gasteiger partial charge on any atom is 0.0922 e. The number of allylic oxidation sites excluding steroid dienone is 1. The molecule has 0 radical (unpaired) electrons. The minimum absolute atomic E-state index is 0.351. The number of rotatable bonds is 5. The Morgan fingerprint density at radius 1 is 1.30 bits per heavy atom. The van der Waals surface area contributed by atoms with E-state index in [9.17, 15) is 0 Å². The highest BCUT2D eigenvalue weighted by atomic mass is 15.2. The summed E-state index contributed by atoms with van der Waals surface area (Å²) in [4.78, 5) is 11.8. The Morgan fingerprint density at radius 3 is 2.93 bits per heavy atom. The molecule has 27 heavy (non-hydrogen) atoms. The van der Waals surface area contributed by atoms with Gasteiger partial charge in [-0.1, -0.05) is 0 Å². The number of anilines is 1. The molecule has 1 aliphatic heterocycles. The van der Waals surface area contributed by atoms with E-state index in [0.717, 1.165) is 41.9 Å². The van der Waals surface area contributed by atoms with E-state index >= 15 is 0 Å². The quantitative estimate of drug-likeness (QED) is 0.713. The van der Waals surface area contributed by atoms with Gasteiger partial charge >= 0.3 is 0 Å². The molecule has 2 aliphatic carbocycles. The molecule has 2 aromatic rings. The largest absolute Gasteiger partial charge is 0.388 e. The molecule has 0 unspecified atom stereocenters. The third-order valence-corrected chi connectivity index (χ3v) is 6.15. The van der Waals surface area contributed by atoms with Crippen molar-refractivity contribution in [1.82, 2.24) is 20.6 Å². The number of hydrogen-bond acceptors (Lipinski definition) is 6. The SMILES string of the molecule is N=C/C(=C\NC1CCC1)c1cnc2ccc(N3CCNC4(CC4)C3)cc2n1. The number of nitrogens with zero attached hydrogens (tertiary/aromatic N) is 3. The van der Waals surface area contributed by atoms with Gasteiger partial charge in [-0.3, -0.25) is 4.98 Å². The predicted molar refractivity (Wildman–Crippen MR) is 109 cm³/mol. The van der Waals surface area contributed by atoms with Crippen LogP contribution in [0.3, 0.4) is 0 Å². The smallest absolute Gasteiger partial charge is 0.0922 e. The van der Waals surface area contributed by atoms with E-state index in [4.69, 9.17) is 10.4 Å². The highest BCUT2D eigenvalue weighted by Crippen LogP contribution is 2.39. The van der Waals surface area contributed by atoms with E-state index in [1.165, 1.54) is 44.0 Å². The summed E-state index contributed by atoms with van der Waals surface area (Å²) in [6, 6.07) is 6.91. The van der Waals surface area contributed by atoms with Crippen molar-refractivity contribution in [1.29, 1.82) is 5.41 Å². The van der Waals surface area contributed by atoms with Gasteiger partial charge in [0.05, 0.1) is 22.9 Å². The minimum Gasteiger partial charge on any atom is -0.388 e. The van der Waals surface area contributed by atoms with Crippen LogP contribution in [0.25, 0.3) is 16.6 Å². The first-order valence-electron chi connectivity index (χ1n) is 9.99. The van der Waals surface area contributed by atoms with Gasteiger partial charge in [-0.25, -0.2) is 4.98 Å². The molecule has 0 bridgehead atoms. The Balaban J connectivity index is 1.42. The van der Waals surface area contributed by atoms with E-state index in [2.05, 4.69) is 38.7 Å². The van der Waals surface area contributed by atoms with Crippen molar-refractivity contribution in [2.45, 2.75) is 43.7 Å². The average Bonchev–Trinajstić information content (AvgIpc) is 3.41. The molecule has 3 fully saturated rings. The second-order valence-electron chi connectivity index (χ2n) is 8.10. The molecule has 5 rings (SSSR count). The summed E-state index contributed by atoms with van der Waals surface area (Å²) in [6.07, 6.45) is 11.3. The van der Waals surface area contributed by atoms with Crippen molar-refractivity contribution in [3.05, 3.63) is 36.3 Å². The van der Waals surface area contributed by atoms with Gasteiger partial charge in [-0.2, -0.15) is 0 Å². The number of fused-ring (bicyclic) bond motifs is 1. The van der Waals surface area contributed by atoms with Gasteiger partial charge in [-0.05, 0) is 50.3 Å². The Kier molecular flexibility index (Phi) is 4.08. The van der Waals surface area contributed by atoms with Crippen LogP contribution in [0.1, 0.15) is 37.8 Å². The molecule has 0 amide bonds. The van der Waals surface area contributed by atoms with E-state index < -0.39 is 0 Å². The first-order valence-corrected chi connectivity index (χ1v) is 9.99. The van der Waals surface area contributed by atoms with Gasteiger partial charge in [0, 0.05) is 54.9 Å². The van der Waals surface area contributed by atoms with Gasteiger partial charge in [0.1, 0.15) is 0 Å². The molecular weight excluding hydrogens is 336 g/mol. The second-order valence-corrected chi connectivity index (χ2v) is 8.10. The van der Waals surface area contributed by atoms with Crippen molar-refractivity contribution < 1.29 is 0 Å². The molecule has 140 valence electrons. The molecule has 3 aliphatic rings. The molecule has 0 atom stereocenters. The van der Waals surface area contributed by atoms with Crippen LogP contribution in [0.2, 0.25) is 0 Å². The number of hydrogen-bond donors (Lipinski definition) is 3. The summed E-state index contributed by atoms with van der Waals surface area (Å²) in [5.74, 6) is 0. The van der Waals surface area contributed by atoms with Crippen molar-refractivity contribution >= 4 is 28.5 Å². The summed E-state index contributed by atoms with van der Waals surface area (Å²) >= 11 is 0. The van der Waals surface area contributed by atoms with Gasteiger partial charge < -0.3 is 20.9 Å². The Bertz CT molecular complexity index is 897. The van der Waals surface area contributed by atoms with E-state index in [1.54, 1.807) is 6.20 Å². The molecule has 2 heterocycles. The van der Waals surface area contributed by atoms with E-state index in [-0.39, 0.29) is 0 Å². The second kappa shape index (κ2) is 6.60. The zero-order chi connectivity index (χ0) is 18.3. The molecule has 6 nitrogen and oxygen atoms in total. The van der Waals surface area contributed by atoms with Crippen molar-refractivity contribution in [2.24, 2.45) is 0 Å². The molecular formula is C21H26N6. The van der Waals surface area contributed by atoms with Crippen LogP contribution < -0.4 is 15.5 Å². The van der Waals surface area contributed by atoms with Crippen LogP contribution in [-0.2, 0) is 0 Å². The highest BCUT2D eigenvalue weighted by Gasteiger charge is 2.45. The molecule has 3 N–H and O–H groups in total. The minimum atomic E-state index is 0.351. The maximum atomic E-state index is 7.76. The lowest BCUT2D eigenvalue weighted by atomic mass is 9.93. The van der Waals surface area contributed by atoms with E-state index in [0.29, 0.717) is 11.6 Å².